The lowest BCUT2D eigenvalue weighted by molar-refractivity contribution is -0.113. The van der Waals surface area contributed by atoms with E-state index in [1.54, 1.807) is 10.6 Å². The highest BCUT2D eigenvalue weighted by Crippen LogP contribution is 2.24. The first-order chi connectivity index (χ1) is 14.9. The minimum Gasteiger partial charge on any atom is -0.325 e. The summed E-state index contributed by atoms with van der Waals surface area (Å²) in [6.45, 7) is 6.00. The van der Waals surface area contributed by atoms with Crippen LogP contribution in [0.2, 0.25) is 0 Å². The van der Waals surface area contributed by atoms with Crippen molar-refractivity contribution in [3.63, 3.8) is 0 Å². The van der Waals surface area contributed by atoms with Crippen LogP contribution in [-0.2, 0) is 4.79 Å². The van der Waals surface area contributed by atoms with Gasteiger partial charge in [0, 0.05) is 5.69 Å². The number of aromatic nitrogens is 2. The highest BCUT2D eigenvalue weighted by Gasteiger charge is 2.16. The maximum atomic E-state index is 13.4. The molecule has 0 spiro atoms. The van der Waals surface area contributed by atoms with Gasteiger partial charge in [0.15, 0.2) is 5.16 Å². The van der Waals surface area contributed by atoms with Crippen LogP contribution >= 0.6 is 11.8 Å². The van der Waals surface area contributed by atoms with Gasteiger partial charge in [-0.25, -0.2) is 4.98 Å². The highest BCUT2D eigenvalue weighted by atomic mass is 32.2. The third kappa shape index (κ3) is 4.39. The van der Waals surface area contributed by atoms with Crippen molar-refractivity contribution < 1.29 is 4.79 Å². The summed E-state index contributed by atoms with van der Waals surface area (Å²) in [4.78, 5) is 30.7. The predicted octanol–water partition coefficient (Wildman–Crippen LogP) is 5.04. The Morgan fingerprint density at radius 2 is 1.71 bits per heavy atom. The van der Waals surface area contributed by atoms with E-state index in [0.717, 1.165) is 28.1 Å². The van der Waals surface area contributed by atoms with Gasteiger partial charge < -0.3 is 5.32 Å². The number of thioether (sulfide) groups is 1. The molecule has 0 aliphatic rings. The summed E-state index contributed by atoms with van der Waals surface area (Å²) in [5.41, 5.74) is 5.24. The Morgan fingerprint density at radius 3 is 2.48 bits per heavy atom. The predicted molar refractivity (Wildman–Crippen MR) is 127 cm³/mol. The molecule has 0 aliphatic carbocycles. The SMILES string of the molecule is Cc1ccc(NC(=O)CSc2nc3ccccc3c(=O)n2-c2cccc(C)c2C)cc1. The Bertz CT molecular complexity index is 1330. The molecule has 6 heteroatoms. The number of hydrogen-bond donors (Lipinski definition) is 1. The molecule has 0 bridgehead atoms. The van der Waals surface area contributed by atoms with E-state index >= 15 is 0 Å². The average Bonchev–Trinajstić information content (AvgIpc) is 2.76. The van der Waals surface area contributed by atoms with Crippen LogP contribution in [-0.4, -0.2) is 21.2 Å². The number of nitrogens with one attached hydrogen (secondary N) is 1. The number of para-hydroxylation sites is 1. The molecule has 0 saturated heterocycles. The number of amides is 1. The van der Waals surface area contributed by atoms with E-state index in [2.05, 4.69) is 5.32 Å². The Hall–Kier alpha value is -3.38. The van der Waals surface area contributed by atoms with Crippen molar-refractivity contribution in [2.24, 2.45) is 0 Å². The molecule has 1 N–H and O–H groups in total. The Labute approximate surface area is 185 Å². The summed E-state index contributed by atoms with van der Waals surface area (Å²) in [6.07, 6.45) is 0. The molecule has 0 aliphatic heterocycles. The second-order valence-electron chi connectivity index (χ2n) is 7.47. The van der Waals surface area contributed by atoms with Crippen molar-refractivity contribution in [3.8, 4) is 5.69 Å². The van der Waals surface area contributed by atoms with Gasteiger partial charge in [0.1, 0.15) is 0 Å². The second kappa shape index (κ2) is 8.78. The zero-order chi connectivity index (χ0) is 22.0. The monoisotopic (exact) mass is 429 g/mol. The number of benzene rings is 3. The van der Waals surface area contributed by atoms with Crippen molar-refractivity contribution in [2.75, 3.05) is 11.1 Å². The van der Waals surface area contributed by atoms with Crippen molar-refractivity contribution in [2.45, 2.75) is 25.9 Å². The lowest BCUT2D eigenvalue weighted by Crippen LogP contribution is -2.23. The molecule has 31 heavy (non-hydrogen) atoms. The molecule has 3 aromatic carbocycles. The first-order valence-corrected chi connectivity index (χ1v) is 11.0. The fraction of sp³-hybridized carbons (Fsp3) is 0.160. The van der Waals surface area contributed by atoms with E-state index in [1.165, 1.54) is 11.8 Å². The summed E-state index contributed by atoms with van der Waals surface area (Å²) in [5.74, 6) is -0.00690. The number of rotatable bonds is 5. The minimum atomic E-state index is -0.149. The zero-order valence-electron chi connectivity index (χ0n) is 17.7. The number of hydrogen-bond acceptors (Lipinski definition) is 4. The maximum Gasteiger partial charge on any atom is 0.266 e. The summed E-state index contributed by atoms with van der Waals surface area (Å²) < 4.78 is 1.62. The molecule has 1 amide bonds. The number of anilines is 1. The normalized spacial score (nSPS) is 10.9. The van der Waals surface area contributed by atoms with Gasteiger partial charge in [0.05, 0.1) is 22.3 Å². The van der Waals surface area contributed by atoms with Crippen molar-refractivity contribution >= 4 is 34.3 Å². The number of fused-ring (bicyclic) bond motifs is 1. The van der Waals surface area contributed by atoms with Crippen LogP contribution in [0.5, 0.6) is 0 Å². The fourth-order valence-electron chi connectivity index (χ4n) is 3.36. The van der Waals surface area contributed by atoms with Crippen LogP contribution in [0.4, 0.5) is 5.69 Å². The molecule has 156 valence electrons. The van der Waals surface area contributed by atoms with Crippen molar-refractivity contribution in [1.29, 1.82) is 0 Å². The van der Waals surface area contributed by atoms with Crippen LogP contribution in [0, 0.1) is 20.8 Å². The van der Waals surface area contributed by atoms with Crippen molar-refractivity contribution in [3.05, 3.63) is 93.8 Å². The van der Waals surface area contributed by atoms with Gasteiger partial charge in [0.25, 0.3) is 5.56 Å². The van der Waals surface area contributed by atoms with E-state index in [9.17, 15) is 9.59 Å². The molecule has 1 aromatic heterocycles. The second-order valence-corrected chi connectivity index (χ2v) is 8.42. The molecular weight excluding hydrogens is 406 g/mol. The summed E-state index contributed by atoms with van der Waals surface area (Å²) in [7, 11) is 0. The van der Waals surface area contributed by atoms with Gasteiger partial charge in [-0.3, -0.25) is 14.2 Å². The van der Waals surface area contributed by atoms with Gasteiger partial charge in [-0.15, -0.1) is 0 Å². The molecule has 1 heterocycles. The Kier molecular flexibility index (Phi) is 5.91. The van der Waals surface area contributed by atoms with Crippen LogP contribution in [0.15, 0.2) is 76.7 Å². The van der Waals surface area contributed by atoms with Crippen LogP contribution in [0.25, 0.3) is 16.6 Å². The first kappa shape index (κ1) is 20.9. The summed E-state index contributed by atoms with van der Waals surface area (Å²) in [5, 5.41) is 3.95. The fourth-order valence-corrected chi connectivity index (χ4v) is 4.17. The first-order valence-electron chi connectivity index (χ1n) is 10.0. The van der Waals surface area contributed by atoms with Crippen molar-refractivity contribution in [1.82, 2.24) is 9.55 Å². The maximum absolute atomic E-state index is 13.4. The van der Waals surface area contributed by atoms with E-state index < -0.39 is 0 Å². The smallest absolute Gasteiger partial charge is 0.266 e. The summed E-state index contributed by atoms with van der Waals surface area (Å²) in [6, 6.07) is 20.8. The molecule has 0 unspecified atom stereocenters. The lowest BCUT2D eigenvalue weighted by Gasteiger charge is -2.16. The number of carbonyl (C=O) groups excluding carboxylic acids is 1. The minimum absolute atomic E-state index is 0.138. The van der Waals surface area contributed by atoms with E-state index in [4.69, 9.17) is 4.98 Å². The number of aryl methyl sites for hydroxylation is 2. The molecule has 0 fully saturated rings. The largest absolute Gasteiger partial charge is 0.325 e. The van der Waals surface area contributed by atoms with Gasteiger partial charge in [0.2, 0.25) is 5.91 Å². The van der Waals surface area contributed by atoms with Gasteiger partial charge in [-0.2, -0.15) is 0 Å². The van der Waals surface area contributed by atoms with E-state index in [1.807, 2.05) is 81.4 Å². The Morgan fingerprint density at radius 1 is 0.968 bits per heavy atom. The molecule has 4 rings (SSSR count). The topological polar surface area (TPSA) is 64.0 Å². The third-order valence-corrected chi connectivity index (χ3v) is 6.17. The standard InChI is InChI=1S/C25H23N3O2S/c1-16-11-13-19(14-12-16)26-23(29)15-31-25-27-21-9-5-4-8-20(21)24(30)28(25)22-10-6-7-17(2)18(22)3/h4-14H,15H2,1-3H3,(H,26,29). The molecule has 4 aromatic rings. The number of carbonyl (C=O) groups is 1. The molecule has 5 nitrogen and oxygen atoms in total. The van der Waals surface area contributed by atoms with E-state index in [0.29, 0.717) is 16.1 Å². The molecular formula is C25H23N3O2S. The van der Waals surface area contributed by atoms with Gasteiger partial charge >= 0.3 is 0 Å². The average molecular weight is 430 g/mol. The highest BCUT2D eigenvalue weighted by molar-refractivity contribution is 7.99. The van der Waals surface area contributed by atoms with Crippen LogP contribution < -0.4 is 10.9 Å². The molecule has 0 saturated carbocycles. The van der Waals surface area contributed by atoms with Gasteiger partial charge in [-0.05, 0) is 62.2 Å². The van der Waals surface area contributed by atoms with Crippen LogP contribution in [0.1, 0.15) is 16.7 Å². The van der Waals surface area contributed by atoms with Gasteiger partial charge in [-0.1, -0.05) is 53.7 Å². The lowest BCUT2D eigenvalue weighted by atomic mass is 10.1. The number of nitrogens with zero attached hydrogens (tertiary/aromatic N) is 2. The Balaban J connectivity index is 1.71. The quantitative estimate of drug-likeness (QED) is 0.356. The van der Waals surface area contributed by atoms with E-state index in [-0.39, 0.29) is 17.2 Å². The van der Waals surface area contributed by atoms with Crippen LogP contribution in [0.3, 0.4) is 0 Å². The third-order valence-electron chi connectivity index (χ3n) is 5.23. The molecule has 0 atom stereocenters. The zero-order valence-corrected chi connectivity index (χ0v) is 18.5. The summed E-state index contributed by atoms with van der Waals surface area (Å²) >= 11 is 1.26. The molecule has 0 radical (unpaired) electrons.